The van der Waals surface area contributed by atoms with Crippen LogP contribution in [0, 0.1) is 17.1 Å². The van der Waals surface area contributed by atoms with Gasteiger partial charge in [-0.1, -0.05) is 6.07 Å². The van der Waals surface area contributed by atoms with Gasteiger partial charge in [-0.05, 0) is 12.1 Å². The molecule has 76 valence electrons. The van der Waals surface area contributed by atoms with Gasteiger partial charge in [0.15, 0.2) is 5.96 Å². The number of hydrogen-bond donors (Lipinski definition) is 2. The predicted molar refractivity (Wildman–Crippen MR) is 55.0 cm³/mol. The molecular weight excluding hydrogens is 195 g/mol. The van der Waals surface area contributed by atoms with Crippen molar-refractivity contribution >= 4 is 11.6 Å². The zero-order valence-corrected chi connectivity index (χ0v) is 7.92. The van der Waals surface area contributed by atoms with Crippen molar-refractivity contribution in [3.8, 4) is 6.07 Å². The molecule has 0 amide bonds. The fraction of sp³-hybridized carbons (Fsp3) is 0.200. The molecule has 0 unspecified atom stereocenters. The van der Waals surface area contributed by atoms with E-state index >= 15 is 0 Å². The van der Waals surface area contributed by atoms with Gasteiger partial charge < -0.3 is 10.6 Å². The largest absolute Gasteiger partial charge is 0.354 e. The van der Waals surface area contributed by atoms with E-state index < -0.39 is 5.82 Å². The van der Waals surface area contributed by atoms with Crippen molar-refractivity contribution in [2.75, 3.05) is 18.4 Å². The second-order valence-electron chi connectivity index (χ2n) is 3.06. The SMILES string of the molecule is N#Cc1c(F)cccc1NC1=NCCN1. The van der Waals surface area contributed by atoms with E-state index in [1.807, 2.05) is 6.07 Å². The van der Waals surface area contributed by atoms with Crippen molar-refractivity contribution in [2.24, 2.45) is 4.99 Å². The molecule has 1 aromatic rings. The average molecular weight is 204 g/mol. The van der Waals surface area contributed by atoms with Gasteiger partial charge in [-0.2, -0.15) is 5.26 Å². The first kappa shape index (κ1) is 9.46. The Kier molecular flexibility index (Phi) is 2.50. The highest BCUT2D eigenvalue weighted by molar-refractivity contribution is 5.95. The van der Waals surface area contributed by atoms with Crippen molar-refractivity contribution in [3.05, 3.63) is 29.6 Å². The van der Waals surface area contributed by atoms with E-state index in [2.05, 4.69) is 15.6 Å². The molecule has 0 saturated heterocycles. The Morgan fingerprint density at radius 3 is 3.07 bits per heavy atom. The van der Waals surface area contributed by atoms with Gasteiger partial charge in [0.05, 0.1) is 12.2 Å². The summed E-state index contributed by atoms with van der Waals surface area (Å²) in [6.45, 7) is 1.46. The Bertz CT molecular complexity index is 447. The summed E-state index contributed by atoms with van der Waals surface area (Å²) in [4.78, 5) is 4.10. The zero-order chi connectivity index (χ0) is 10.7. The number of anilines is 1. The highest BCUT2D eigenvalue weighted by Crippen LogP contribution is 2.17. The molecule has 2 rings (SSSR count). The summed E-state index contributed by atoms with van der Waals surface area (Å²) < 4.78 is 13.2. The van der Waals surface area contributed by atoms with Crippen LogP contribution in [-0.2, 0) is 0 Å². The summed E-state index contributed by atoms with van der Waals surface area (Å²) in [6.07, 6.45) is 0. The van der Waals surface area contributed by atoms with Crippen LogP contribution in [0.15, 0.2) is 23.2 Å². The molecular formula is C10H9FN4. The van der Waals surface area contributed by atoms with E-state index in [9.17, 15) is 4.39 Å². The van der Waals surface area contributed by atoms with Crippen molar-refractivity contribution < 1.29 is 4.39 Å². The molecule has 4 nitrogen and oxygen atoms in total. The number of guanidine groups is 1. The number of rotatable bonds is 1. The second-order valence-corrected chi connectivity index (χ2v) is 3.06. The predicted octanol–water partition coefficient (Wildman–Crippen LogP) is 1.07. The summed E-state index contributed by atoms with van der Waals surface area (Å²) >= 11 is 0. The van der Waals surface area contributed by atoms with Gasteiger partial charge in [-0.3, -0.25) is 4.99 Å². The van der Waals surface area contributed by atoms with Gasteiger partial charge in [0.2, 0.25) is 0 Å². The molecule has 2 N–H and O–H groups in total. The van der Waals surface area contributed by atoms with Crippen LogP contribution in [0.3, 0.4) is 0 Å². The number of nitrogens with zero attached hydrogens (tertiary/aromatic N) is 2. The third-order valence-corrected chi connectivity index (χ3v) is 2.05. The van der Waals surface area contributed by atoms with E-state index in [-0.39, 0.29) is 5.56 Å². The molecule has 0 spiro atoms. The fourth-order valence-electron chi connectivity index (χ4n) is 1.35. The minimum Gasteiger partial charge on any atom is -0.354 e. The molecule has 0 saturated carbocycles. The minimum atomic E-state index is -0.527. The number of aliphatic imine (C=N–C) groups is 1. The van der Waals surface area contributed by atoms with E-state index in [4.69, 9.17) is 5.26 Å². The van der Waals surface area contributed by atoms with Gasteiger partial charge in [-0.25, -0.2) is 4.39 Å². The van der Waals surface area contributed by atoms with E-state index in [1.54, 1.807) is 12.1 Å². The Morgan fingerprint density at radius 1 is 1.53 bits per heavy atom. The Balaban J connectivity index is 2.28. The quantitative estimate of drug-likeness (QED) is 0.719. The normalized spacial score (nSPS) is 14.0. The second kappa shape index (κ2) is 3.96. The van der Waals surface area contributed by atoms with Gasteiger partial charge >= 0.3 is 0 Å². The topological polar surface area (TPSA) is 60.2 Å². The molecule has 0 radical (unpaired) electrons. The first-order valence-electron chi connectivity index (χ1n) is 4.55. The van der Waals surface area contributed by atoms with E-state index in [0.29, 0.717) is 18.2 Å². The minimum absolute atomic E-state index is 0.00824. The van der Waals surface area contributed by atoms with E-state index in [0.717, 1.165) is 6.54 Å². The summed E-state index contributed by atoms with van der Waals surface area (Å²) in [5.41, 5.74) is 0.444. The first-order valence-corrected chi connectivity index (χ1v) is 4.55. The van der Waals surface area contributed by atoms with Crippen molar-refractivity contribution in [1.29, 1.82) is 5.26 Å². The molecule has 0 atom stereocenters. The zero-order valence-electron chi connectivity index (χ0n) is 7.92. The lowest BCUT2D eigenvalue weighted by atomic mass is 10.2. The molecule has 1 aliphatic heterocycles. The van der Waals surface area contributed by atoms with Crippen LogP contribution < -0.4 is 10.6 Å². The molecule has 0 fully saturated rings. The smallest absolute Gasteiger partial charge is 0.195 e. The number of halogens is 1. The molecule has 15 heavy (non-hydrogen) atoms. The number of nitrogens with one attached hydrogen (secondary N) is 2. The van der Waals surface area contributed by atoms with E-state index in [1.165, 1.54) is 6.07 Å². The van der Waals surface area contributed by atoms with Crippen LogP contribution in [0.5, 0.6) is 0 Å². The standard InChI is InChI=1S/C10H9FN4/c11-8-2-1-3-9(7(8)6-12)15-10-13-4-5-14-10/h1-3H,4-5H2,(H2,13,14,15). The number of nitriles is 1. The summed E-state index contributed by atoms with van der Waals surface area (Å²) in [7, 11) is 0. The first-order chi connectivity index (χ1) is 7.31. The Labute approximate surface area is 86.4 Å². The number of hydrogen-bond acceptors (Lipinski definition) is 4. The van der Waals surface area contributed by atoms with Gasteiger partial charge in [0, 0.05) is 6.54 Å². The lowest BCUT2D eigenvalue weighted by Crippen LogP contribution is -2.26. The fourth-order valence-corrected chi connectivity index (χ4v) is 1.35. The maximum absolute atomic E-state index is 13.2. The molecule has 1 aliphatic rings. The van der Waals surface area contributed by atoms with Crippen LogP contribution in [0.4, 0.5) is 10.1 Å². The lowest BCUT2D eigenvalue weighted by molar-refractivity contribution is 0.624. The third-order valence-electron chi connectivity index (χ3n) is 2.05. The summed E-state index contributed by atoms with van der Waals surface area (Å²) in [5, 5.41) is 14.6. The van der Waals surface area contributed by atoms with Crippen molar-refractivity contribution in [3.63, 3.8) is 0 Å². The molecule has 0 aromatic heterocycles. The van der Waals surface area contributed by atoms with Crippen LogP contribution >= 0.6 is 0 Å². The maximum atomic E-state index is 13.2. The maximum Gasteiger partial charge on any atom is 0.195 e. The average Bonchev–Trinajstić information content (AvgIpc) is 2.71. The van der Waals surface area contributed by atoms with Crippen LogP contribution in [-0.4, -0.2) is 19.0 Å². The van der Waals surface area contributed by atoms with Gasteiger partial charge in [-0.15, -0.1) is 0 Å². The highest BCUT2D eigenvalue weighted by atomic mass is 19.1. The highest BCUT2D eigenvalue weighted by Gasteiger charge is 2.10. The molecule has 5 heteroatoms. The molecule has 1 heterocycles. The van der Waals surface area contributed by atoms with Gasteiger partial charge in [0.25, 0.3) is 0 Å². The van der Waals surface area contributed by atoms with Gasteiger partial charge in [0.1, 0.15) is 17.4 Å². The van der Waals surface area contributed by atoms with Crippen LogP contribution in [0.1, 0.15) is 5.56 Å². The summed E-state index contributed by atoms with van der Waals surface area (Å²) in [5.74, 6) is 0.0539. The Morgan fingerprint density at radius 2 is 2.40 bits per heavy atom. The van der Waals surface area contributed by atoms with Crippen molar-refractivity contribution in [1.82, 2.24) is 5.32 Å². The van der Waals surface area contributed by atoms with Crippen LogP contribution in [0.25, 0.3) is 0 Å². The molecule has 0 bridgehead atoms. The third kappa shape index (κ3) is 1.89. The monoisotopic (exact) mass is 204 g/mol. The molecule has 1 aromatic carbocycles. The van der Waals surface area contributed by atoms with Crippen LogP contribution in [0.2, 0.25) is 0 Å². The summed E-state index contributed by atoms with van der Waals surface area (Å²) in [6, 6.07) is 6.27. The van der Waals surface area contributed by atoms with Crippen molar-refractivity contribution in [2.45, 2.75) is 0 Å². The molecule has 0 aliphatic carbocycles. The lowest BCUT2D eigenvalue weighted by Gasteiger charge is -2.08. The number of benzene rings is 1. The Hall–Kier alpha value is -2.09.